The lowest BCUT2D eigenvalue weighted by atomic mass is 10.0. The number of hydrogen-bond donors (Lipinski definition) is 4. The predicted octanol–water partition coefficient (Wildman–Crippen LogP) is 2.26. The van der Waals surface area contributed by atoms with Crippen molar-refractivity contribution >= 4 is 11.9 Å². The molecule has 112 valence electrons. The molecule has 0 saturated carbocycles. The monoisotopic (exact) mass is 300 g/mol. The molecule has 0 aromatic heterocycles. The third-order valence-corrected chi connectivity index (χ3v) is 3.41. The Bertz CT molecular complexity index is 807. The topological polar surface area (TPSA) is 107 Å². The molecule has 0 radical (unpaired) electrons. The minimum Gasteiger partial charge on any atom is -0.508 e. The van der Waals surface area contributed by atoms with Crippen LogP contribution in [0.4, 0.5) is 0 Å². The van der Waals surface area contributed by atoms with E-state index in [1.807, 2.05) is 0 Å². The maximum Gasteiger partial charge on any atom is 0.231 e. The first-order valence-electron chi connectivity index (χ1n) is 6.42. The fourth-order valence-electron chi connectivity index (χ4n) is 2.24. The van der Waals surface area contributed by atoms with Crippen molar-refractivity contribution in [2.75, 3.05) is 0 Å². The highest BCUT2D eigenvalue weighted by Gasteiger charge is 2.24. The zero-order valence-electron chi connectivity index (χ0n) is 11.3. The molecular weight excluding hydrogens is 288 g/mol. The lowest BCUT2D eigenvalue weighted by Gasteiger charge is -2.19. The van der Waals surface area contributed by atoms with Gasteiger partial charge in [0.2, 0.25) is 5.78 Å². The molecule has 3 rings (SSSR count). The Morgan fingerprint density at radius 1 is 1.00 bits per heavy atom. The Kier molecular flexibility index (Phi) is 3.14. The van der Waals surface area contributed by atoms with E-state index in [2.05, 4.69) is 0 Å². The Balaban J connectivity index is 2.00. The maximum absolute atomic E-state index is 12.3. The van der Waals surface area contributed by atoms with Crippen LogP contribution in [0.25, 0.3) is 6.08 Å². The van der Waals surface area contributed by atoms with Crippen LogP contribution < -0.4 is 0 Å². The van der Waals surface area contributed by atoms with Crippen LogP contribution in [-0.4, -0.2) is 26.2 Å². The van der Waals surface area contributed by atoms with Gasteiger partial charge in [-0.2, -0.15) is 0 Å². The molecule has 4 N–H and O–H groups in total. The van der Waals surface area contributed by atoms with Crippen molar-refractivity contribution < 1.29 is 30.0 Å². The first-order chi connectivity index (χ1) is 10.5. The van der Waals surface area contributed by atoms with Gasteiger partial charge in [-0.05, 0) is 29.8 Å². The van der Waals surface area contributed by atoms with Gasteiger partial charge < -0.3 is 25.2 Å². The Hall–Kier alpha value is -3.15. The number of ketones is 1. The molecule has 2 aromatic rings. The van der Waals surface area contributed by atoms with Crippen molar-refractivity contribution in [1.82, 2.24) is 0 Å². The predicted molar refractivity (Wildman–Crippen MR) is 76.6 cm³/mol. The highest BCUT2D eigenvalue weighted by atomic mass is 16.5. The largest absolute Gasteiger partial charge is 0.508 e. The van der Waals surface area contributed by atoms with Gasteiger partial charge >= 0.3 is 0 Å². The number of fused-ring (bicyclic) bond motifs is 1. The van der Waals surface area contributed by atoms with Gasteiger partial charge in [0, 0.05) is 11.6 Å². The van der Waals surface area contributed by atoms with Crippen LogP contribution in [-0.2, 0) is 11.3 Å². The molecule has 1 aliphatic heterocycles. The molecule has 1 aliphatic rings. The highest BCUT2D eigenvalue weighted by molar-refractivity contribution is 6.11. The van der Waals surface area contributed by atoms with E-state index < -0.39 is 5.78 Å². The molecule has 6 heteroatoms. The van der Waals surface area contributed by atoms with E-state index in [9.17, 15) is 25.2 Å². The summed E-state index contributed by atoms with van der Waals surface area (Å²) in [5.41, 5.74) is 0.921. The number of aromatic hydroxyl groups is 4. The number of phenolic OH excluding ortho intramolecular Hbond substituents is 4. The van der Waals surface area contributed by atoms with Gasteiger partial charge in [0.25, 0.3) is 0 Å². The van der Waals surface area contributed by atoms with Crippen LogP contribution in [0.15, 0.2) is 36.1 Å². The summed E-state index contributed by atoms with van der Waals surface area (Å²) in [7, 11) is 0. The van der Waals surface area contributed by atoms with Crippen molar-refractivity contribution in [1.29, 1.82) is 0 Å². The van der Waals surface area contributed by atoms with Crippen LogP contribution in [0.5, 0.6) is 23.0 Å². The first-order valence-corrected chi connectivity index (χ1v) is 6.42. The summed E-state index contributed by atoms with van der Waals surface area (Å²) < 4.78 is 5.31. The van der Waals surface area contributed by atoms with Crippen LogP contribution in [0.3, 0.4) is 0 Å². The summed E-state index contributed by atoms with van der Waals surface area (Å²) in [6.45, 7) is -0.0774. The summed E-state index contributed by atoms with van der Waals surface area (Å²) in [5.74, 6) is -1.60. The van der Waals surface area contributed by atoms with Gasteiger partial charge in [-0.25, -0.2) is 0 Å². The Labute approximate surface area is 125 Å². The van der Waals surface area contributed by atoms with Gasteiger partial charge in [0.05, 0.1) is 5.56 Å². The van der Waals surface area contributed by atoms with Crippen LogP contribution >= 0.6 is 0 Å². The first kappa shape index (κ1) is 13.8. The number of allylic oxidation sites excluding steroid dienone is 1. The average Bonchev–Trinajstić information content (AvgIpc) is 2.50. The second kappa shape index (κ2) is 5.00. The molecule has 2 aromatic carbocycles. The maximum atomic E-state index is 12.3. The second-order valence-electron chi connectivity index (χ2n) is 4.83. The molecule has 1 heterocycles. The summed E-state index contributed by atoms with van der Waals surface area (Å²) >= 11 is 0. The second-order valence-corrected chi connectivity index (χ2v) is 4.83. The van der Waals surface area contributed by atoms with Crippen molar-refractivity contribution in [3.05, 3.63) is 52.8 Å². The van der Waals surface area contributed by atoms with Crippen LogP contribution in [0.1, 0.15) is 21.5 Å². The lowest BCUT2D eigenvalue weighted by Crippen LogP contribution is -2.11. The van der Waals surface area contributed by atoms with E-state index in [-0.39, 0.29) is 40.9 Å². The zero-order chi connectivity index (χ0) is 15.9. The number of carbonyl (C=O) groups excluding carboxylic acids is 1. The summed E-state index contributed by atoms with van der Waals surface area (Å²) in [4.78, 5) is 12.3. The molecule has 0 fully saturated rings. The number of phenols is 4. The van der Waals surface area contributed by atoms with Crippen LogP contribution in [0.2, 0.25) is 0 Å². The van der Waals surface area contributed by atoms with Crippen molar-refractivity contribution in [2.45, 2.75) is 6.61 Å². The molecule has 0 saturated heterocycles. The van der Waals surface area contributed by atoms with Crippen LogP contribution in [0, 0.1) is 0 Å². The zero-order valence-corrected chi connectivity index (χ0v) is 11.3. The Morgan fingerprint density at radius 3 is 2.50 bits per heavy atom. The van der Waals surface area contributed by atoms with E-state index in [1.54, 1.807) is 6.07 Å². The normalized spacial score (nSPS) is 13.0. The quantitative estimate of drug-likeness (QED) is 0.500. The van der Waals surface area contributed by atoms with Crippen molar-refractivity contribution in [2.24, 2.45) is 0 Å². The average molecular weight is 300 g/mol. The molecule has 0 spiro atoms. The molecule has 0 amide bonds. The minimum absolute atomic E-state index is 0.00132. The molecule has 0 bridgehead atoms. The number of carbonyl (C=O) groups is 1. The molecule has 0 unspecified atom stereocenters. The molecule has 0 aliphatic carbocycles. The number of hydrogen-bond acceptors (Lipinski definition) is 6. The van der Waals surface area contributed by atoms with Gasteiger partial charge in [-0.3, -0.25) is 4.79 Å². The van der Waals surface area contributed by atoms with E-state index in [1.165, 1.54) is 24.3 Å². The fraction of sp³-hybridized carbons (Fsp3) is 0.0625. The van der Waals surface area contributed by atoms with Gasteiger partial charge in [0.15, 0.2) is 17.3 Å². The van der Waals surface area contributed by atoms with E-state index in [4.69, 9.17) is 4.74 Å². The van der Waals surface area contributed by atoms with Crippen molar-refractivity contribution in [3.63, 3.8) is 0 Å². The smallest absolute Gasteiger partial charge is 0.231 e. The molecule has 22 heavy (non-hydrogen) atoms. The summed E-state index contributed by atoms with van der Waals surface area (Å²) in [5, 5.41) is 38.2. The fourth-order valence-corrected chi connectivity index (χ4v) is 2.24. The van der Waals surface area contributed by atoms with Gasteiger partial charge in [0.1, 0.15) is 18.1 Å². The Morgan fingerprint density at radius 2 is 1.77 bits per heavy atom. The summed E-state index contributed by atoms with van der Waals surface area (Å²) in [6.07, 6.45) is 1.42. The SMILES string of the molecule is O=C(C1=Cc2ccc(O)c(O)c2CO1)c1ccc(O)cc1O. The molecular formula is C16H12O6. The molecule has 6 nitrogen and oxygen atoms in total. The van der Waals surface area contributed by atoms with Crippen molar-refractivity contribution in [3.8, 4) is 23.0 Å². The number of rotatable bonds is 2. The van der Waals surface area contributed by atoms with E-state index >= 15 is 0 Å². The minimum atomic E-state index is -0.546. The number of Topliss-reactive ketones (excluding diaryl/α,β-unsaturated/α-hetero) is 1. The van der Waals surface area contributed by atoms with E-state index in [0.29, 0.717) is 11.1 Å². The number of ether oxygens (including phenoxy) is 1. The van der Waals surface area contributed by atoms with E-state index in [0.717, 1.165) is 6.07 Å². The number of benzene rings is 2. The molecule has 0 atom stereocenters. The highest BCUT2D eigenvalue weighted by Crippen LogP contribution is 2.36. The van der Waals surface area contributed by atoms with Gasteiger partial charge in [-0.1, -0.05) is 6.07 Å². The third kappa shape index (κ3) is 2.20. The third-order valence-electron chi connectivity index (χ3n) is 3.41. The van der Waals surface area contributed by atoms with Gasteiger partial charge in [-0.15, -0.1) is 0 Å². The summed E-state index contributed by atoms with van der Waals surface area (Å²) in [6, 6.07) is 6.51. The lowest BCUT2D eigenvalue weighted by molar-refractivity contribution is 0.0899. The standard InChI is InChI=1S/C16H12O6/c17-9-2-3-10(13(19)6-9)16(21)14-5-8-1-4-12(18)15(20)11(8)7-22-14/h1-6,17-20H,7H2.